The third kappa shape index (κ3) is 3.50. The van der Waals surface area contributed by atoms with Crippen LogP contribution in [0.15, 0.2) is 54.1 Å². The molecule has 5 rings (SSSR count). The van der Waals surface area contributed by atoms with E-state index < -0.39 is 11.0 Å². The lowest BCUT2D eigenvalue weighted by Gasteiger charge is -2.57. The maximum absolute atomic E-state index is 13.6. The van der Waals surface area contributed by atoms with Crippen LogP contribution < -0.4 is 0 Å². The number of esters is 1. The van der Waals surface area contributed by atoms with Crippen LogP contribution in [-0.2, 0) is 19.1 Å². The van der Waals surface area contributed by atoms with Crippen LogP contribution in [0.3, 0.4) is 0 Å². The maximum Gasteiger partial charge on any atom is 0.314 e. The van der Waals surface area contributed by atoms with Gasteiger partial charge < -0.3 is 4.74 Å². The molecule has 0 amide bonds. The van der Waals surface area contributed by atoms with Crippen LogP contribution in [0.1, 0.15) is 84.1 Å². The molecule has 0 saturated heterocycles. The van der Waals surface area contributed by atoms with Gasteiger partial charge in [0.15, 0.2) is 17.2 Å². The number of hydrogen-bond donors (Lipinski definition) is 0. The van der Waals surface area contributed by atoms with Crippen molar-refractivity contribution in [1.29, 1.82) is 0 Å². The Morgan fingerprint density at radius 3 is 2.46 bits per heavy atom. The van der Waals surface area contributed by atoms with Crippen molar-refractivity contribution < 1.29 is 19.1 Å². The normalized spacial score (nSPS) is 38.6. The van der Waals surface area contributed by atoms with Crippen LogP contribution in [0.4, 0.5) is 0 Å². The Kier molecular flexibility index (Phi) is 5.93. The van der Waals surface area contributed by atoms with Gasteiger partial charge in [0.25, 0.3) is 0 Å². The van der Waals surface area contributed by atoms with Crippen molar-refractivity contribution in [3.05, 3.63) is 59.7 Å². The summed E-state index contributed by atoms with van der Waals surface area (Å²) in [5.74, 6) is 0.631. The highest BCUT2D eigenvalue weighted by molar-refractivity contribution is 5.92. The molecule has 35 heavy (non-hydrogen) atoms. The number of fused-ring (bicyclic) bond motifs is 5. The number of Topliss-reactive ketones (excluding diaryl/α,β-unsaturated/α-hetero) is 1. The molecule has 7 atom stereocenters. The molecule has 0 bridgehead atoms. The summed E-state index contributed by atoms with van der Waals surface area (Å²) in [5, 5.41) is 0. The van der Waals surface area contributed by atoms with Crippen molar-refractivity contribution in [3.8, 4) is 0 Å². The monoisotopic (exact) mass is 474 g/mol. The molecule has 7 unspecified atom stereocenters. The molecule has 4 heteroatoms. The molecule has 0 radical (unpaired) electrons. The molecular formula is C31H38O4. The quantitative estimate of drug-likeness (QED) is 0.466. The van der Waals surface area contributed by atoms with Crippen LogP contribution in [-0.4, -0.2) is 23.1 Å². The Labute approximate surface area is 209 Å². The van der Waals surface area contributed by atoms with Crippen LogP contribution in [0.5, 0.6) is 0 Å². The number of ether oxygens (including phenoxy) is 1. The minimum absolute atomic E-state index is 0.00736. The molecule has 4 nitrogen and oxygen atoms in total. The fourth-order valence-electron chi connectivity index (χ4n) is 8.28. The number of carbonyl (C=O) groups excluding carboxylic acids is 3. The zero-order valence-corrected chi connectivity index (χ0v) is 21.5. The Bertz CT molecular complexity index is 1100. The van der Waals surface area contributed by atoms with Gasteiger partial charge in [0.1, 0.15) is 0 Å². The molecule has 0 spiro atoms. The van der Waals surface area contributed by atoms with Gasteiger partial charge in [-0.15, -0.1) is 0 Å². The number of benzene rings is 1. The van der Waals surface area contributed by atoms with Gasteiger partial charge in [-0.3, -0.25) is 14.4 Å². The summed E-state index contributed by atoms with van der Waals surface area (Å²) >= 11 is 0. The number of hydrogen-bond acceptors (Lipinski definition) is 4. The second-order valence-electron chi connectivity index (χ2n) is 11.8. The Morgan fingerprint density at radius 2 is 1.77 bits per heavy atom. The van der Waals surface area contributed by atoms with E-state index in [4.69, 9.17) is 4.74 Å². The van der Waals surface area contributed by atoms with Crippen LogP contribution in [0.25, 0.3) is 0 Å². The SMILES string of the molecule is CCC(C(=O)OC1(C(C)=O)CCC2C3C=CC4=CC(=O)CCC4(C)C3CCC21C)c1ccccc1. The molecule has 186 valence electrons. The van der Waals surface area contributed by atoms with Crippen LogP contribution in [0, 0.1) is 28.6 Å². The Morgan fingerprint density at radius 1 is 1.06 bits per heavy atom. The first-order valence-electron chi connectivity index (χ1n) is 13.4. The topological polar surface area (TPSA) is 60.4 Å². The van der Waals surface area contributed by atoms with Crippen molar-refractivity contribution in [2.45, 2.75) is 84.2 Å². The molecule has 2 saturated carbocycles. The number of allylic oxidation sites excluding steroid dienone is 4. The molecule has 0 aliphatic heterocycles. The van der Waals surface area contributed by atoms with Crippen molar-refractivity contribution in [1.82, 2.24) is 0 Å². The summed E-state index contributed by atoms with van der Waals surface area (Å²) in [4.78, 5) is 39.0. The first-order valence-corrected chi connectivity index (χ1v) is 13.4. The van der Waals surface area contributed by atoms with E-state index in [1.165, 1.54) is 5.57 Å². The van der Waals surface area contributed by atoms with Gasteiger partial charge in [0, 0.05) is 11.8 Å². The highest BCUT2D eigenvalue weighted by Crippen LogP contribution is 2.67. The first kappa shape index (κ1) is 24.2. The standard InChI is InChI=1S/C31H38O4/c1-5-24(21-9-7-6-8-10-21)28(34)35-31(20(2)32)18-15-27-25-12-11-22-19-23(33)13-16-29(22,3)26(25)14-17-30(27,31)4/h6-12,19,24-27H,5,13-18H2,1-4H3. The molecule has 1 aromatic rings. The largest absolute Gasteiger partial charge is 0.450 e. The third-order valence-electron chi connectivity index (χ3n) is 10.4. The second kappa shape index (κ2) is 8.57. The van der Waals surface area contributed by atoms with Gasteiger partial charge in [-0.05, 0) is 85.8 Å². The third-order valence-corrected chi connectivity index (χ3v) is 10.4. The zero-order chi connectivity index (χ0) is 25.0. The average molecular weight is 475 g/mol. The minimum atomic E-state index is -1.07. The molecule has 0 N–H and O–H groups in total. The fourth-order valence-corrected chi connectivity index (χ4v) is 8.28. The van der Waals surface area contributed by atoms with Gasteiger partial charge in [0.2, 0.25) is 0 Å². The van der Waals surface area contributed by atoms with E-state index in [0.29, 0.717) is 31.1 Å². The summed E-state index contributed by atoms with van der Waals surface area (Å²) in [5.41, 5.74) is 0.658. The van der Waals surface area contributed by atoms with Crippen molar-refractivity contribution in [3.63, 3.8) is 0 Å². The van der Waals surface area contributed by atoms with E-state index in [9.17, 15) is 14.4 Å². The maximum atomic E-state index is 13.6. The van der Waals surface area contributed by atoms with Crippen molar-refractivity contribution >= 4 is 17.5 Å². The number of carbonyl (C=O) groups is 3. The van der Waals surface area contributed by atoms with E-state index in [1.54, 1.807) is 6.92 Å². The molecule has 0 aromatic heterocycles. The summed E-state index contributed by atoms with van der Waals surface area (Å²) < 4.78 is 6.40. The van der Waals surface area contributed by atoms with E-state index in [1.807, 2.05) is 43.3 Å². The lowest BCUT2D eigenvalue weighted by molar-refractivity contribution is -0.188. The predicted molar refractivity (Wildman–Crippen MR) is 136 cm³/mol. The van der Waals surface area contributed by atoms with Crippen LogP contribution >= 0.6 is 0 Å². The lowest BCUT2D eigenvalue weighted by atomic mass is 9.48. The highest BCUT2D eigenvalue weighted by Gasteiger charge is 2.67. The number of rotatable bonds is 5. The second-order valence-corrected chi connectivity index (χ2v) is 11.8. The molecule has 0 heterocycles. The minimum Gasteiger partial charge on any atom is -0.450 e. The van der Waals surface area contributed by atoms with Gasteiger partial charge in [-0.1, -0.05) is 63.3 Å². The average Bonchev–Trinajstić information content (AvgIpc) is 3.14. The van der Waals surface area contributed by atoms with E-state index in [0.717, 1.165) is 31.2 Å². The summed E-state index contributed by atoms with van der Waals surface area (Å²) in [6.45, 7) is 8.14. The molecule has 4 aliphatic rings. The Hall–Kier alpha value is -2.49. The van der Waals surface area contributed by atoms with Crippen molar-refractivity contribution in [2.75, 3.05) is 0 Å². The fraction of sp³-hybridized carbons (Fsp3) is 0.581. The Balaban J connectivity index is 1.47. The molecule has 1 aromatic carbocycles. The zero-order valence-electron chi connectivity index (χ0n) is 21.5. The number of ketones is 2. The molecular weight excluding hydrogens is 436 g/mol. The molecule has 4 aliphatic carbocycles. The smallest absolute Gasteiger partial charge is 0.314 e. The highest BCUT2D eigenvalue weighted by atomic mass is 16.6. The summed E-state index contributed by atoms with van der Waals surface area (Å²) in [6.07, 6.45) is 11.8. The lowest BCUT2D eigenvalue weighted by Crippen LogP contribution is -2.58. The molecule has 2 fully saturated rings. The summed E-state index contributed by atoms with van der Waals surface area (Å²) in [6, 6.07) is 9.76. The predicted octanol–water partition coefficient (Wildman–Crippen LogP) is 6.36. The van der Waals surface area contributed by atoms with Gasteiger partial charge in [-0.25, -0.2) is 0 Å². The van der Waals surface area contributed by atoms with E-state index in [-0.39, 0.29) is 34.8 Å². The van der Waals surface area contributed by atoms with Gasteiger partial charge in [-0.2, -0.15) is 0 Å². The van der Waals surface area contributed by atoms with E-state index >= 15 is 0 Å². The van der Waals surface area contributed by atoms with Gasteiger partial charge in [0.05, 0.1) is 5.92 Å². The summed E-state index contributed by atoms with van der Waals surface area (Å²) in [7, 11) is 0. The van der Waals surface area contributed by atoms with Crippen LogP contribution in [0.2, 0.25) is 0 Å². The van der Waals surface area contributed by atoms with E-state index in [2.05, 4.69) is 26.0 Å². The van der Waals surface area contributed by atoms with Gasteiger partial charge >= 0.3 is 5.97 Å². The van der Waals surface area contributed by atoms with Crippen molar-refractivity contribution in [2.24, 2.45) is 28.6 Å². The first-order chi connectivity index (χ1) is 16.7.